The largest absolute Gasteiger partial charge is 0.299 e. The van der Waals surface area contributed by atoms with Gasteiger partial charge < -0.3 is 0 Å². The molecule has 0 radical (unpaired) electrons. The van der Waals surface area contributed by atoms with Crippen molar-refractivity contribution < 1.29 is 0 Å². The molecular weight excluding hydrogens is 208 g/mol. The van der Waals surface area contributed by atoms with Gasteiger partial charge in [-0.3, -0.25) is 9.88 Å². The lowest BCUT2D eigenvalue weighted by molar-refractivity contribution is 0.330. The highest BCUT2D eigenvalue weighted by Crippen LogP contribution is 2.32. The number of likely N-dealkylation sites (N-methyl/N-ethyl adjacent to an activating group) is 1. The molecule has 1 aliphatic rings. The van der Waals surface area contributed by atoms with E-state index in [1.807, 2.05) is 12.4 Å². The minimum absolute atomic E-state index is 0.427. The van der Waals surface area contributed by atoms with Gasteiger partial charge in [-0.1, -0.05) is 18.1 Å². The Balaban J connectivity index is 2.25. The summed E-state index contributed by atoms with van der Waals surface area (Å²) >= 11 is 0. The van der Waals surface area contributed by atoms with Crippen molar-refractivity contribution in [3.05, 3.63) is 41.7 Å². The molecule has 17 heavy (non-hydrogen) atoms. The molecule has 0 saturated heterocycles. The molecule has 0 aromatic carbocycles. The monoisotopic (exact) mass is 230 g/mol. The van der Waals surface area contributed by atoms with Gasteiger partial charge >= 0.3 is 0 Å². The predicted octanol–water partition coefficient (Wildman–Crippen LogP) is 3.57. The molecule has 2 nitrogen and oxygen atoms in total. The molecule has 0 saturated carbocycles. The Morgan fingerprint density at radius 1 is 1.12 bits per heavy atom. The maximum Gasteiger partial charge on any atom is 0.0557 e. The Kier molecular flexibility index (Phi) is 4.32. The molecule has 0 spiro atoms. The molecule has 1 aromatic heterocycles. The van der Waals surface area contributed by atoms with E-state index in [9.17, 15) is 0 Å². The third-order valence-corrected chi connectivity index (χ3v) is 3.47. The van der Waals surface area contributed by atoms with E-state index >= 15 is 0 Å². The minimum Gasteiger partial charge on any atom is -0.299 e. The van der Waals surface area contributed by atoms with E-state index in [4.69, 9.17) is 0 Å². The van der Waals surface area contributed by atoms with Crippen molar-refractivity contribution in [1.29, 1.82) is 0 Å². The first-order valence-corrected chi connectivity index (χ1v) is 6.54. The average molecular weight is 230 g/mol. The van der Waals surface area contributed by atoms with Gasteiger partial charge in [0, 0.05) is 12.4 Å². The van der Waals surface area contributed by atoms with Crippen LogP contribution in [0.1, 0.15) is 43.7 Å². The van der Waals surface area contributed by atoms with E-state index in [1.165, 1.54) is 37.7 Å². The zero-order chi connectivity index (χ0) is 12.1. The van der Waals surface area contributed by atoms with Gasteiger partial charge in [-0.15, -0.1) is 0 Å². The van der Waals surface area contributed by atoms with Gasteiger partial charge in [0.2, 0.25) is 0 Å². The standard InChI is InChI=1S/C15H22N2/c1-17(2)15(14-9-11-16-12-10-14)13-7-5-3-4-6-8-13/h7,9-12,15H,3-6,8H2,1-2H3. The van der Waals surface area contributed by atoms with Crippen LogP contribution in [-0.4, -0.2) is 24.0 Å². The second-order valence-electron chi connectivity index (χ2n) is 5.03. The summed E-state index contributed by atoms with van der Waals surface area (Å²) in [5.74, 6) is 0. The lowest BCUT2D eigenvalue weighted by Crippen LogP contribution is -2.22. The van der Waals surface area contributed by atoms with Crippen LogP contribution >= 0.6 is 0 Å². The number of rotatable bonds is 3. The van der Waals surface area contributed by atoms with E-state index in [2.05, 4.69) is 42.2 Å². The maximum atomic E-state index is 4.11. The van der Waals surface area contributed by atoms with Crippen LogP contribution in [0.4, 0.5) is 0 Å². The van der Waals surface area contributed by atoms with Crippen molar-refractivity contribution >= 4 is 0 Å². The van der Waals surface area contributed by atoms with Gasteiger partial charge in [-0.25, -0.2) is 0 Å². The average Bonchev–Trinajstić information content (AvgIpc) is 2.59. The van der Waals surface area contributed by atoms with E-state index in [0.717, 1.165) is 0 Å². The molecule has 0 aliphatic heterocycles. The van der Waals surface area contributed by atoms with Crippen LogP contribution in [0.5, 0.6) is 0 Å². The van der Waals surface area contributed by atoms with Gasteiger partial charge in [0.05, 0.1) is 6.04 Å². The second kappa shape index (κ2) is 5.97. The summed E-state index contributed by atoms with van der Waals surface area (Å²) in [5.41, 5.74) is 2.94. The second-order valence-corrected chi connectivity index (χ2v) is 5.03. The van der Waals surface area contributed by atoms with Crippen LogP contribution in [0.3, 0.4) is 0 Å². The first-order chi connectivity index (χ1) is 8.29. The predicted molar refractivity (Wildman–Crippen MR) is 71.8 cm³/mol. The van der Waals surface area contributed by atoms with Crippen molar-refractivity contribution in [1.82, 2.24) is 9.88 Å². The summed E-state index contributed by atoms with van der Waals surface area (Å²) < 4.78 is 0. The molecule has 2 heteroatoms. The van der Waals surface area contributed by atoms with Crippen LogP contribution in [0.2, 0.25) is 0 Å². The first kappa shape index (κ1) is 12.3. The Bertz CT molecular complexity index is 368. The summed E-state index contributed by atoms with van der Waals surface area (Å²) in [7, 11) is 4.33. The van der Waals surface area contributed by atoms with E-state index in [1.54, 1.807) is 5.57 Å². The fourth-order valence-corrected chi connectivity index (χ4v) is 2.68. The number of pyridine rings is 1. The number of hydrogen-bond donors (Lipinski definition) is 0. The van der Waals surface area contributed by atoms with Gasteiger partial charge in [0.15, 0.2) is 0 Å². The summed E-state index contributed by atoms with van der Waals surface area (Å²) in [6, 6.07) is 4.70. The Morgan fingerprint density at radius 3 is 2.59 bits per heavy atom. The molecule has 2 rings (SSSR count). The molecule has 1 aliphatic carbocycles. The topological polar surface area (TPSA) is 16.1 Å². The van der Waals surface area contributed by atoms with Gasteiger partial charge in [-0.05, 0) is 57.5 Å². The summed E-state index contributed by atoms with van der Waals surface area (Å²) in [6.07, 6.45) is 12.8. The summed E-state index contributed by atoms with van der Waals surface area (Å²) in [6.45, 7) is 0. The molecule has 1 aromatic rings. The van der Waals surface area contributed by atoms with Crippen LogP contribution in [0.25, 0.3) is 0 Å². The van der Waals surface area contributed by atoms with Crippen LogP contribution in [0.15, 0.2) is 36.2 Å². The van der Waals surface area contributed by atoms with Crippen LogP contribution < -0.4 is 0 Å². The number of aromatic nitrogens is 1. The van der Waals surface area contributed by atoms with E-state index in [-0.39, 0.29) is 0 Å². The minimum atomic E-state index is 0.427. The lowest BCUT2D eigenvalue weighted by atomic mass is 9.95. The maximum absolute atomic E-state index is 4.11. The fourth-order valence-electron chi connectivity index (χ4n) is 2.68. The molecular formula is C15H22N2. The van der Waals surface area contributed by atoms with Crippen molar-refractivity contribution in [3.8, 4) is 0 Å². The third-order valence-electron chi connectivity index (χ3n) is 3.47. The molecule has 92 valence electrons. The van der Waals surface area contributed by atoms with Crippen molar-refractivity contribution in [2.75, 3.05) is 14.1 Å². The van der Waals surface area contributed by atoms with Gasteiger partial charge in [0.1, 0.15) is 0 Å². The molecule has 1 heterocycles. The van der Waals surface area contributed by atoms with Crippen LogP contribution in [0, 0.1) is 0 Å². The lowest BCUT2D eigenvalue weighted by Gasteiger charge is -2.27. The smallest absolute Gasteiger partial charge is 0.0557 e. The first-order valence-electron chi connectivity index (χ1n) is 6.54. The van der Waals surface area contributed by atoms with E-state index in [0.29, 0.717) is 6.04 Å². The Morgan fingerprint density at radius 2 is 1.88 bits per heavy atom. The fraction of sp³-hybridized carbons (Fsp3) is 0.533. The Labute approximate surface area is 104 Å². The van der Waals surface area contributed by atoms with Crippen LogP contribution in [-0.2, 0) is 0 Å². The Hall–Kier alpha value is -1.15. The molecule has 0 amide bonds. The molecule has 0 bridgehead atoms. The zero-order valence-electron chi connectivity index (χ0n) is 10.9. The van der Waals surface area contributed by atoms with Gasteiger partial charge in [-0.2, -0.15) is 0 Å². The molecule has 1 unspecified atom stereocenters. The zero-order valence-corrected chi connectivity index (χ0v) is 10.9. The van der Waals surface area contributed by atoms with Crippen molar-refractivity contribution in [2.45, 2.75) is 38.1 Å². The number of allylic oxidation sites excluding steroid dienone is 1. The molecule has 0 fully saturated rings. The van der Waals surface area contributed by atoms with Crippen molar-refractivity contribution in [3.63, 3.8) is 0 Å². The summed E-state index contributed by atoms with van der Waals surface area (Å²) in [5, 5.41) is 0. The van der Waals surface area contributed by atoms with E-state index < -0.39 is 0 Å². The molecule has 0 N–H and O–H groups in total. The summed E-state index contributed by atoms with van der Waals surface area (Å²) in [4.78, 5) is 6.42. The normalized spacial score (nSPS) is 18.6. The number of nitrogens with zero attached hydrogens (tertiary/aromatic N) is 2. The van der Waals surface area contributed by atoms with Crippen molar-refractivity contribution in [2.24, 2.45) is 0 Å². The highest BCUT2D eigenvalue weighted by Gasteiger charge is 2.19. The third kappa shape index (κ3) is 3.16. The number of hydrogen-bond acceptors (Lipinski definition) is 2. The van der Waals surface area contributed by atoms with Gasteiger partial charge in [0.25, 0.3) is 0 Å². The quantitative estimate of drug-likeness (QED) is 0.738. The highest BCUT2D eigenvalue weighted by atomic mass is 15.1. The SMILES string of the molecule is CN(C)C(C1=CCCCCC1)c1ccncc1. The highest BCUT2D eigenvalue weighted by molar-refractivity contribution is 5.26. The molecule has 1 atom stereocenters.